The van der Waals surface area contributed by atoms with E-state index in [1.54, 1.807) is 26.0 Å². The summed E-state index contributed by atoms with van der Waals surface area (Å²) in [5, 5.41) is 6.83. The average Bonchev–Trinajstić information content (AvgIpc) is 3.23. The number of aromatic nitrogens is 1. The van der Waals surface area contributed by atoms with Crippen LogP contribution in [-0.2, 0) is 0 Å². The monoisotopic (exact) mass is 487 g/mol. The maximum absolute atomic E-state index is 14.4. The van der Waals surface area contributed by atoms with Gasteiger partial charge in [0.2, 0.25) is 10.6 Å². The molecule has 0 atom stereocenters. The summed E-state index contributed by atoms with van der Waals surface area (Å²) in [6, 6.07) is 7.01. The summed E-state index contributed by atoms with van der Waals surface area (Å²) in [5.41, 5.74) is 2.63. The summed E-state index contributed by atoms with van der Waals surface area (Å²) in [7, 11) is 4.67. The molecule has 0 aliphatic heterocycles. The molecule has 6 nitrogen and oxygen atoms in total. The standard InChI is InChI=1S/C25H27F2N3O3S/c1-15-5-8-18(9-6-15)29-30-21(16-11-22(31-2)24(33-4)23(12-16)32-3)14-34-25(30)28-20-10-7-17(26)13-19(20)27/h7,10-15H,5-6,8-9H2,1-4H3. The molecule has 1 aliphatic carbocycles. The van der Waals surface area contributed by atoms with Gasteiger partial charge in [-0.1, -0.05) is 6.92 Å². The Bertz CT molecular complexity index is 1250. The molecule has 1 aromatic heterocycles. The van der Waals surface area contributed by atoms with Crippen molar-refractivity contribution in [2.24, 2.45) is 16.0 Å². The highest BCUT2D eigenvalue weighted by atomic mass is 32.1. The minimum absolute atomic E-state index is 0.0471. The van der Waals surface area contributed by atoms with Crippen LogP contribution in [0.25, 0.3) is 11.3 Å². The van der Waals surface area contributed by atoms with Crippen LogP contribution in [0.2, 0.25) is 0 Å². The first-order chi connectivity index (χ1) is 16.4. The smallest absolute Gasteiger partial charge is 0.211 e. The lowest BCUT2D eigenvalue weighted by Gasteiger charge is -2.19. The van der Waals surface area contributed by atoms with Gasteiger partial charge in [0, 0.05) is 22.7 Å². The summed E-state index contributed by atoms with van der Waals surface area (Å²) in [6.45, 7) is 2.24. The molecule has 34 heavy (non-hydrogen) atoms. The summed E-state index contributed by atoms with van der Waals surface area (Å²) < 4.78 is 46.0. The Morgan fingerprint density at radius 1 is 0.971 bits per heavy atom. The van der Waals surface area contributed by atoms with Crippen LogP contribution in [0.3, 0.4) is 0 Å². The molecule has 4 rings (SSSR count). The summed E-state index contributed by atoms with van der Waals surface area (Å²) in [6.07, 6.45) is 3.93. The molecule has 0 N–H and O–H groups in total. The van der Waals surface area contributed by atoms with E-state index in [0.717, 1.165) is 48.7 Å². The fourth-order valence-corrected chi connectivity index (χ4v) is 4.76. The van der Waals surface area contributed by atoms with Gasteiger partial charge in [-0.3, -0.25) is 0 Å². The second kappa shape index (κ2) is 10.4. The highest BCUT2D eigenvalue weighted by Crippen LogP contribution is 2.41. The zero-order chi connectivity index (χ0) is 24.2. The average molecular weight is 488 g/mol. The Morgan fingerprint density at radius 3 is 2.24 bits per heavy atom. The van der Waals surface area contributed by atoms with Gasteiger partial charge in [-0.15, -0.1) is 11.3 Å². The van der Waals surface area contributed by atoms with E-state index >= 15 is 0 Å². The molecule has 0 spiro atoms. The van der Waals surface area contributed by atoms with E-state index in [4.69, 9.17) is 19.3 Å². The zero-order valence-electron chi connectivity index (χ0n) is 19.6. The lowest BCUT2D eigenvalue weighted by Crippen LogP contribution is -2.18. The molecular formula is C25H27F2N3O3S. The van der Waals surface area contributed by atoms with E-state index in [9.17, 15) is 8.78 Å². The second-order valence-electron chi connectivity index (χ2n) is 8.19. The largest absolute Gasteiger partial charge is 0.493 e. The van der Waals surface area contributed by atoms with E-state index in [-0.39, 0.29) is 5.69 Å². The van der Waals surface area contributed by atoms with Crippen molar-refractivity contribution in [1.29, 1.82) is 0 Å². The van der Waals surface area contributed by atoms with Crippen LogP contribution >= 0.6 is 11.3 Å². The molecule has 1 aliphatic rings. The fourth-order valence-electron chi connectivity index (χ4n) is 3.91. The van der Waals surface area contributed by atoms with Crippen molar-refractivity contribution in [2.75, 3.05) is 21.3 Å². The van der Waals surface area contributed by atoms with Gasteiger partial charge in [-0.25, -0.2) is 18.4 Å². The molecule has 0 amide bonds. The Hall–Kier alpha value is -3.20. The van der Waals surface area contributed by atoms with Crippen molar-refractivity contribution in [2.45, 2.75) is 32.6 Å². The maximum atomic E-state index is 14.4. The van der Waals surface area contributed by atoms with Gasteiger partial charge >= 0.3 is 0 Å². The first kappa shape index (κ1) is 23.9. The van der Waals surface area contributed by atoms with E-state index in [1.807, 2.05) is 17.5 Å². The van der Waals surface area contributed by atoms with Gasteiger partial charge in [0.05, 0.1) is 27.0 Å². The third-order valence-electron chi connectivity index (χ3n) is 5.86. The van der Waals surface area contributed by atoms with Gasteiger partial charge < -0.3 is 14.2 Å². The SMILES string of the molecule is COc1cc(-c2csc(=Nc3ccc(F)cc3F)n2N=C2CCC(C)CC2)cc(OC)c1OC. The minimum Gasteiger partial charge on any atom is -0.493 e. The van der Waals surface area contributed by atoms with Gasteiger partial charge in [-0.05, 0) is 55.9 Å². The lowest BCUT2D eigenvalue weighted by atomic mass is 9.90. The number of thiazole rings is 1. The Morgan fingerprint density at radius 2 is 1.65 bits per heavy atom. The van der Waals surface area contributed by atoms with Gasteiger partial charge in [0.25, 0.3) is 0 Å². The second-order valence-corrected chi connectivity index (χ2v) is 9.02. The molecule has 0 bridgehead atoms. The molecule has 1 saturated carbocycles. The molecule has 2 aromatic carbocycles. The number of hydrogen-bond acceptors (Lipinski definition) is 6. The van der Waals surface area contributed by atoms with Crippen LogP contribution < -0.4 is 19.0 Å². The van der Waals surface area contributed by atoms with E-state index in [2.05, 4.69) is 11.9 Å². The number of nitrogens with zero attached hydrogens (tertiary/aromatic N) is 3. The fraction of sp³-hybridized carbons (Fsp3) is 0.360. The topological polar surface area (TPSA) is 57.3 Å². The molecule has 1 heterocycles. The van der Waals surface area contributed by atoms with Crippen molar-refractivity contribution in [1.82, 2.24) is 4.68 Å². The number of ether oxygens (including phenoxy) is 3. The Kier molecular flexibility index (Phi) is 7.31. The molecule has 0 radical (unpaired) electrons. The third kappa shape index (κ3) is 4.99. The molecule has 1 fully saturated rings. The Balaban J connectivity index is 1.90. The lowest BCUT2D eigenvalue weighted by molar-refractivity contribution is 0.324. The quantitative estimate of drug-likeness (QED) is 0.418. The van der Waals surface area contributed by atoms with Gasteiger partial charge in [0.1, 0.15) is 11.5 Å². The van der Waals surface area contributed by atoms with Gasteiger partial charge in [-0.2, -0.15) is 5.10 Å². The summed E-state index contributed by atoms with van der Waals surface area (Å²) in [5.74, 6) is 0.798. The molecule has 0 saturated heterocycles. The van der Waals surface area contributed by atoms with E-state index < -0.39 is 11.6 Å². The number of benzene rings is 2. The molecule has 0 unspecified atom stereocenters. The van der Waals surface area contributed by atoms with Crippen LogP contribution in [0.4, 0.5) is 14.5 Å². The normalized spacial score (nSPS) is 16.5. The molecule has 180 valence electrons. The maximum Gasteiger partial charge on any atom is 0.211 e. The van der Waals surface area contributed by atoms with Crippen LogP contribution in [0.5, 0.6) is 17.2 Å². The predicted molar refractivity (Wildman–Crippen MR) is 129 cm³/mol. The minimum atomic E-state index is -0.728. The van der Waals surface area contributed by atoms with Crippen LogP contribution in [0.1, 0.15) is 32.6 Å². The highest BCUT2D eigenvalue weighted by molar-refractivity contribution is 7.07. The summed E-state index contributed by atoms with van der Waals surface area (Å²) in [4.78, 5) is 4.95. The predicted octanol–water partition coefficient (Wildman–Crippen LogP) is 6.17. The summed E-state index contributed by atoms with van der Waals surface area (Å²) >= 11 is 1.32. The number of methoxy groups -OCH3 is 3. The Labute approximate surface area is 201 Å². The van der Waals surface area contributed by atoms with E-state index in [1.165, 1.54) is 23.5 Å². The van der Waals surface area contributed by atoms with Crippen molar-refractivity contribution in [3.8, 4) is 28.5 Å². The number of halogens is 2. The number of hydrogen-bond donors (Lipinski definition) is 0. The van der Waals surface area contributed by atoms with E-state index in [0.29, 0.717) is 28.0 Å². The van der Waals surface area contributed by atoms with Crippen molar-refractivity contribution in [3.63, 3.8) is 0 Å². The first-order valence-electron chi connectivity index (χ1n) is 11.0. The van der Waals surface area contributed by atoms with Crippen LogP contribution in [-0.4, -0.2) is 31.7 Å². The highest BCUT2D eigenvalue weighted by Gasteiger charge is 2.19. The van der Waals surface area contributed by atoms with Crippen molar-refractivity contribution < 1.29 is 23.0 Å². The zero-order valence-corrected chi connectivity index (χ0v) is 20.4. The van der Waals surface area contributed by atoms with Crippen LogP contribution in [0.15, 0.2) is 45.8 Å². The third-order valence-corrected chi connectivity index (χ3v) is 6.68. The molecular weight excluding hydrogens is 460 g/mol. The number of rotatable bonds is 6. The molecule has 3 aromatic rings. The first-order valence-corrected chi connectivity index (χ1v) is 11.9. The van der Waals surface area contributed by atoms with Crippen molar-refractivity contribution >= 4 is 22.7 Å². The molecule has 9 heteroatoms. The van der Waals surface area contributed by atoms with Crippen molar-refractivity contribution in [3.05, 3.63) is 52.1 Å². The van der Waals surface area contributed by atoms with Gasteiger partial charge in [0.15, 0.2) is 17.3 Å². The van der Waals surface area contributed by atoms with Crippen LogP contribution in [0, 0.1) is 17.6 Å².